The van der Waals surface area contributed by atoms with E-state index in [0.29, 0.717) is 18.9 Å². The quantitative estimate of drug-likeness (QED) is 0.723. The summed E-state index contributed by atoms with van der Waals surface area (Å²) in [6, 6.07) is 3.40. The molecular weight excluding hydrogens is 278 g/mol. The van der Waals surface area contributed by atoms with Gasteiger partial charge in [0.05, 0.1) is 12.1 Å². The molecule has 2 rings (SSSR count). The van der Waals surface area contributed by atoms with E-state index in [9.17, 15) is 13.6 Å². The number of benzene rings is 1. The fraction of sp³-hybridized carbons (Fsp3) is 0.533. The fourth-order valence-corrected chi connectivity index (χ4v) is 2.17. The maximum absolute atomic E-state index is 13.0. The molecule has 1 fully saturated rings. The lowest BCUT2D eigenvalue weighted by molar-refractivity contribution is -0.124. The van der Waals surface area contributed by atoms with Crippen LogP contribution >= 0.6 is 0 Å². The zero-order valence-electron chi connectivity index (χ0n) is 12.0. The molecule has 1 aromatic rings. The van der Waals surface area contributed by atoms with Crippen LogP contribution in [-0.2, 0) is 4.79 Å². The average Bonchev–Trinajstić information content (AvgIpc) is 3.17. The normalized spacial score (nSPS) is 17.3. The molecule has 1 unspecified atom stereocenters. The lowest BCUT2D eigenvalue weighted by atomic mass is 9.95. The van der Waals surface area contributed by atoms with Crippen LogP contribution in [0.25, 0.3) is 0 Å². The van der Waals surface area contributed by atoms with Crippen LogP contribution in [0.4, 0.5) is 8.78 Å². The van der Waals surface area contributed by atoms with Gasteiger partial charge in [-0.05, 0) is 32.6 Å². The number of ether oxygens (including phenoxy) is 1. The molecule has 21 heavy (non-hydrogen) atoms. The van der Waals surface area contributed by atoms with Crippen molar-refractivity contribution in [2.45, 2.75) is 44.2 Å². The van der Waals surface area contributed by atoms with Gasteiger partial charge in [-0.3, -0.25) is 4.79 Å². The smallest absolute Gasteiger partial charge is 0.237 e. The molecule has 0 aromatic heterocycles. The van der Waals surface area contributed by atoms with E-state index in [2.05, 4.69) is 5.32 Å². The van der Waals surface area contributed by atoms with Gasteiger partial charge in [0.15, 0.2) is 0 Å². The van der Waals surface area contributed by atoms with Gasteiger partial charge in [-0.15, -0.1) is 0 Å². The Morgan fingerprint density at radius 3 is 2.52 bits per heavy atom. The molecule has 116 valence electrons. The Balaban J connectivity index is 1.80. The summed E-state index contributed by atoms with van der Waals surface area (Å²) >= 11 is 0. The van der Waals surface area contributed by atoms with Crippen molar-refractivity contribution in [2.75, 3.05) is 6.61 Å². The van der Waals surface area contributed by atoms with Gasteiger partial charge in [-0.1, -0.05) is 0 Å². The molecule has 1 atom stereocenters. The SMILES string of the molecule is CC(CCCOc1cc(F)cc(F)c1)(NC1CC1)C(N)=O. The fourth-order valence-electron chi connectivity index (χ4n) is 2.17. The summed E-state index contributed by atoms with van der Waals surface area (Å²) in [6.07, 6.45) is 3.18. The van der Waals surface area contributed by atoms with Crippen molar-refractivity contribution >= 4 is 5.91 Å². The average molecular weight is 298 g/mol. The first-order valence-electron chi connectivity index (χ1n) is 7.05. The van der Waals surface area contributed by atoms with Crippen LogP contribution in [0, 0.1) is 11.6 Å². The van der Waals surface area contributed by atoms with E-state index in [-0.39, 0.29) is 12.4 Å². The lowest BCUT2D eigenvalue weighted by Crippen LogP contribution is -2.54. The largest absolute Gasteiger partial charge is 0.493 e. The highest BCUT2D eigenvalue weighted by molar-refractivity contribution is 5.84. The number of hydrogen-bond acceptors (Lipinski definition) is 3. The highest BCUT2D eigenvalue weighted by Crippen LogP contribution is 2.25. The van der Waals surface area contributed by atoms with E-state index in [4.69, 9.17) is 10.5 Å². The minimum atomic E-state index is -0.766. The Kier molecular flexibility index (Phi) is 4.77. The summed E-state index contributed by atoms with van der Waals surface area (Å²) in [5.41, 5.74) is 4.67. The van der Waals surface area contributed by atoms with Crippen molar-refractivity contribution < 1.29 is 18.3 Å². The van der Waals surface area contributed by atoms with Crippen molar-refractivity contribution in [3.63, 3.8) is 0 Å². The highest BCUT2D eigenvalue weighted by atomic mass is 19.1. The van der Waals surface area contributed by atoms with Gasteiger partial charge in [0.25, 0.3) is 0 Å². The van der Waals surface area contributed by atoms with Crippen LogP contribution in [0.15, 0.2) is 18.2 Å². The van der Waals surface area contributed by atoms with Gasteiger partial charge in [-0.2, -0.15) is 0 Å². The van der Waals surface area contributed by atoms with E-state index in [1.54, 1.807) is 6.92 Å². The van der Waals surface area contributed by atoms with Crippen molar-refractivity contribution in [2.24, 2.45) is 5.73 Å². The Hall–Kier alpha value is -1.69. The van der Waals surface area contributed by atoms with Crippen molar-refractivity contribution in [3.05, 3.63) is 29.8 Å². The molecule has 0 spiro atoms. The van der Waals surface area contributed by atoms with E-state index in [0.717, 1.165) is 31.0 Å². The Labute approximate surface area is 122 Å². The minimum Gasteiger partial charge on any atom is -0.493 e. The van der Waals surface area contributed by atoms with Crippen LogP contribution < -0.4 is 15.8 Å². The van der Waals surface area contributed by atoms with Gasteiger partial charge in [0.1, 0.15) is 17.4 Å². The molecule has 0 saturated heterocycles. The first-order chi connectivity index (χ1) is 9.89. The second kappa shape index (κ2) is 6.39. The van der Waals surface area contributed by atoms with Gasteiger partial charge in [0.2, 0.25) is 5.91 Å². The van der Waals surface area contributed by atoms with E-state index in [1.807, 2.05) is 0 Å². The first kappa shape index (κ1) is 15.7. The molecule has 1 saturated carbocycles. The molecule has 4 nitrogen and oxygen atoms in total. The number of nitrogens with two attached hydrogens (primary N) is 1. The number of carbonyl (C=O) groups is 1. The third-order valence-corrected chi connectivity index (χ3v) is 3.57. The molecule has 1 aromatic carbocycles. The monoisotopic (exact) mass is 298 g/mol. The Morgan fingerprint density at radius 2 is 2.00 bits per heavy atom. The topological polar surface area (TPSA) is 64.3 Å². The van der Waals surface area contributed by atoms with Crippen molar-refractivity contribution in [1.29, 1.82) is 0 Å². The zero-order chi connectivity index (χ0) is 15.5. The second-order valence-electron chi connectivity index (χ2n) is 5.67. The summed E-state index contributed by atoms with van der Waals surface area (Å²) in [5.74, 6) is -1.61. The molecule has 1 aliphatic carbocycles. The molecule has 0 radical (unpaired) electrons. The molecule has 1 aliphatic rings. The summed E-state index contributed by atoms with van der Waals surface area (Å²) in [7, 11) is 0. The van der Waals surface area contributed by atoms with Gasteiger partial charge in [0, 0.05) is 24.2 Å². The van der Waals surface area contributed by atoms with Crippen LogP contribution in [0.2, 0.25) is 0 Å². The van der Waals surface area contributed by atoms with Crippen LogP contribution in [-0.4, -0.2) is 24.1 Å². The first-order valence-corrected chi connectivity index (χ1v) is 7.05. The second-order valence-corrected chi connectivity index (χ2v) is 5.67. The molecule has 0 aliphatic heterocycles. The number of amides is 1. The summed E-state index contributed by atoms with van der Waals surface area (Å²) in [6.45, 7) is 2.04. The number of primary amides is 1. The number of halogens is 2. The number of hydrogen-bond donors (Lipinski definition) is 2. The van der Waals surface area contributed by atoms with Crippen LogP contribution in [0.1, 0.15) is 32.6 Å². The summed E-state index contributed by atoms with van der Waals surface area (Å²) < 4.78 is 31.3. The number of rotatable bonds is 8. The third kappa shape index (κ3) is 4.67. The standard InChI is InChI=1S/C15H20F2N2O2/c1-15(14(18)20,19-12-3-4-12)5-2-6-21-13-8-10(16)7-11(17)9-13/h7-9,12,19H,2-6H2,1H3,(H2,18,20). The maximum atomic E-state index is 13.0. The molecule has 1 amide bonds. The summed E-state index contributed by atoms with van der Waals surface area (Å²) in [4.78, 5) is 11.6. The minimum absolute atomic E-state index is 0.142. The zero-order valence-corrected chi connectivity index (χ0v) is 12.0. The van der Waals surface area contributed by atoms with Crippen LogP contribution in [0.3, 0.4) is 0 Å². The third-order valence-electron chi connectivity index (χ3n) is 3.57. The molecule has 6 heteroatoms. The van der Waals surface area contributed by atoms with Crippen molar-refractivity contribution in [3.8, 4) is 5.75 Å². The maximum Gasteiger partial charge on any atom is 0.237 e. The van der Waals surface area contributed by atoms with E-state index in [1.165, 1.54) is 0 Å². The van der Waals surface area contributed by atoms with E-state index >= 15 is 0 Å². The van der Waals surface area contributed by atoms with Gasteiger partial charge < -0.3 is 15.8 Å². The predicted molar refractivity (Wildman–Crippen MR) is 74.8 cm³/mol. The highest BCUT2D eigenvalue weighted by Gasteiger charge is 2.36. The van der Waals surface area contributed by atoms with Crippen molar-refractivity contribution in [1.82, 2.24) is 5.32 Å². The molecule has 3 N–H and O–H groups in total. The number of carbonyl (C=O) groups excluding carboxylic acids is 1. The van der Waals surface area contributed by atoms with Gasteiger partial charge in [-0.25, -0.2) is 8.78 Å². The predicted octanol–water partition coefficient (Wildman–Crippen LogP) is 2.12. The molecular formula is C15H20F2N2O2. The summed E-state index contributed by atoms with van der Waals surface area (Å²) in [5, 5.41) is 3.23. The van der Waals surface area contributed by atoms with Crippen LogP contribution in [0.5, 0.6) is 5.75 Å². The van der Waals surface area contributed by atoms with E-state index < -0.39 is 23.1 Å². The molecule has 0 heterocycles. The Bertz CT molecular complexity index is 500. The molecule has 0 bridgehead atoms. The number of nitrogens with one attached hydrogen (secondary N) is 1. The Morgan fingerprint density at radius 1 is 1.38 bits per heavy atom. The lowest BCUT2D eigenvalue weighted by Gasteiger charge is -2.27. The van der Waals surface area contributed by atoms with Gasteiger partial charge >= 0.3 is 0 Å².